The summed E-state index contributed by atoms with van der Waals surface area (Å²) in [4.78, 5) is 14.5. The van der Waals surface area contributed by atoms with Gasteiger partial charge in [0.05, 0.1) is 18.6 Å². The lowest BCUT2D eigenvalue weighted by Crippen LogP contribution is -2.18. The van der Waals surface area contributed by atoms with E-state index in [2.05, 4.69) is 9.72 Å². The summed E-state index contributed by atoms with van der Waals surface area (Å²) in [7, 11) is 0. The molecular weight excluding hydrogens is 400 g/mol. The molecule has 0 saturated heterocycles. The van der Waals surface area contributed by atoms with Crippen LogP contribution < -0.4 is 0 Å². The van der Waals surface area contributed by atoms with Gasteiger partial charge in [0, 0.05) is 9.77 Å². The molecule has 0 aliphatic heterocycles. The van der Waals surface area contributed by atoms with Crippen LogP contribution in [0.4, 0.5) is 22.0 Å². The van der Waals surface area contributed by atoms with Crippen molar-refractivity contribution in [1.29, 1.82) is 0 Å². The highest BCUT2D eigenvalue weighted by Gasteiger charge is 2.36. The van der Waals surface area contributed by atoms with E-state index in [0.29, 0.717) is 6.20 Å². The van der Waals surface area contributed by atoms with E-state index in [1.165, 1.54) is 29.5 Å². The van der Waals surface area contributed by atoms with Gasteiger partial charge < -0.3 is 4.74 Å². The predicted molar refractivity (Wildman–Crippen MR) is 67.3 cm³/mol. The first kappa shape index (κ1) is 17.1. The Balaban J connectivity index is 3.34. The summed E-state index contributed by atoms with van der Waals surface area (Å²) in [5.74, 6) is -0.915. The maximum absolute atomic E-state index is 12.8. The number of halogens is 6. The largest absolute Gasteiger partial charge is 0.466 e. The number of alkyl halides is 5. The zero-order valence-corrected chi connectivity index (χ0v) is 12.3. The molecule has 1 rings (SSSR count). The highest BCUT2D eigenvalue weighted by Crippen LogP contribution is 2.36. The first-order valence-corrected chi connectivity index (χ1v) is 6.44. The molecule has 0 unspecified atom stereocenters. The molecule has 0 N–H and O–H groups in total. The van der Waals surface area contributed by atoms with Crippen LogP contribution >= 0.6 is 22.6 Å². The van der Waals surface area contributed by atoms with Crippen molar-refractivity contribution in [2.45, 2.75) is 25.9 Å². The van der Waals surface area contributed by atoms with Crippen LogP contribution in [0.3, 0.4) is 0 Å². The van der Waals surface area contributed by atoms with Gasteiger partial charge in [0.2, 0.25) is 0 Å². The molecule has 0 spiro atoms. The summed E-state index contributed by atoms with van der Waals surface area (Å²) in [5.41, 5.74) is -2.53. The van der Waals surface area contributed by atoms with Gasteiger partial charge in [0.1, 0.15) is 5.69 Å². The standard InChI is InChI=1S/C11H9F5INO2/c1-2-20-7(19)3-5-6(11(14,15)16)4-18-9(8(5)17)10(12)13/h4,10H,2-3H2,1H3. The Hall–Kier alpha value is -1.00. The van der Waals surface area contributed by atoms with Crippen molar-refractivity contribution < 1.29 is 31.5 Å². The molecule has 0 amide bonds. The molecule has 0 saturated carbocycles. The lowest BCUT2D eigenvalue weighted by atomic mass is 10.1. The van der Waals surface area contributed by atoms with Crippen molar-refractivity contribution in [3.05, 3.63) is 26.6 Å². The van der Waals surface area contributed by atoms with Gasteiger partial charge in [-0.2, -0.15) is 13.2 Å². The quantitative estimate of drug-likeness (QED) is 0.432. The van der Waals surface area contributed by atoms with Gasteiger partial charge in [-0.3, -0.25) is 9.78 Å². The van der Waals surface area contributed by atoms with Crippen LogP contribution in [0, 0.1) is 3.57 Å². The van der Waals surface area contributed by atoms with Gasteiger partial charge in [-0.1, -0.05) is 0 Å². The Kier molecular flexibility index (Phi) is 5.66. The molecule has 0 atom stereocenters. The minimum Gasteiger partial charge on any atom is -0.466 e. The maximum Gasteiger partial charge on any atom is 0.418 e. The number of esters is 1. The summed E-state index contributed by atoms with van der Waals surface area (Å²) in [6.45, 7) is 1.48. The van der Waals surface area contributed by atoms with E-state index in [1.54, 1.807) is 0 Å². The number of carbonyl (C=O) groups is 1. The van der Waals surface area contributed by atoms with Gasteiger partial charge in [0.25, 0.3) is 6.43 Å². The van der Waals surface area contributed by atoms with Crippen LogP contribution in [-0.2, 0) is 22.1 Å². The summed E-state index contributed by atoms with van der Waals surface area (Å²) < 4.78 is 67.9. The zero-order valence-electron chi connectivity index (χ0n) is 10.1. The van der Waals surface area contributed by atoms with Crippen molar-refractivity contribution in [1.82, 2.24) is 4.98 Å². The molecule has 0 aromatic carbocycles. The van der Waals surface area contributed by atoms with Crippen LogP contribution in [0.25, 0.3) is 0 Å². The number of hydrogen-bond donors (Lipinski definition) is 0. The second-order valence-corrected chi connectivity index (χ2v) is 4.71. The fraction of sp³-hybridized carbons (Fsp3) is 0.455. The molecule has 9 heteroatoms. The predicted octanol–water partition coefficient (Wildman–Crippen LogP) is 3.75. The third kappa shape index (κ3) is 4.00. The van der Waals surface area contributed by atoms with E-state index < -0.39 is 41.8 Å². The van der Waals surface area contributed by atoms with E-state index in [0.717, 1.165) is 0 Å². The number of carbonyl (C=O) groups excluding carboxylic acids is 1. The Morgan fingerprint density at radius 2 is 2.05 bits per heavy atom. The molecule has 1 aromatic rings. The number of rotatable bonds is 4. The molecule has 0 aliphatic rings. The van der Waals surface area contributed by atoms with Crippen LogP contribution in [0.5, 0.6) is 0 Å². The minimum atomic E-state index is -4.78. The average Bonchev–Trinajstić information content (AvgIpc) is 2.29. The summed E-state index contributed by atoms with van der Waals surface area (Å²) in [6.07, 6.45) is -8.22. The van der Waals surface area contributed by atoms with E-state index in [-0.39, 0.29) is 10.2 Å². The number of ether oxygens (including phenoxy) is 1. The second kappa shape index (κ2) is 6.64. The Morgan fingerprint density at radius 1 is 1.45 bits per heavy atom. The van der Waals surface area contributed by atoms with Crippen molar-refractivity contribution in [2.24, 2.45) is 0 Å². The van der Waals surface area contributed by atoms with Crippen molar-refractivity contribution >= 4 is 28.6 Å². The molecule has 1 aromatic heterocycles. The SMILES string of the molecule is CCOC(=O)Cc1c(C(F)(F)F)cnc(C(F)F)c1I. The van der Waals surface area contributed by atoms with E-state index in [4.69, 9.17) is 0 Å². The molecule has 3 nitrogen and oxygen atoms in total. The van der Waals surface area contributed by atoms with Crippen LogP contribution in [-0.4, -0.2) is 17.6 Å². The molecular formula is C11H9F5INO2. The molecule has 112 valence electrons. The number of aromatic nitrogens is 1. The summed E-state index contributed by atoms with van der Waals surface area (Å²) in [5, 5.41) is 0. The third-order valence-electron chi connectivity index (χ3n) is 2.29. The van der Waals surface area contributed by atoms with Crippen molar-refractivity contribution in [3.8, 4) is 0 Å². The normalized spacial score (nSPS) is 11.8. The molecule has 0 fully saturated rings. The maximum atomic E-state index is 12.8. The lowest BCUT2D eigenvalue weighted by molar-refractivity contribution is -0.143. The highest BCUT2D eigenvalue weighted by molar-refractivity contribution is 14.1. The molecule has 1 heterocycles. The van der Waals surface area contributed by atoms with Crippen molar-refractivity contribution in [2.75, 3.05) is 6.61 Å². The van der Waals surface area contributed by atoms with Crippen LogP contribution in [0.2, 0.25) is 0 Å². The van der Waals surface area contributed by atoms with Crippen LogP contribution in [0.15, 0.2) is 6.20 Å². The van der Waals surface area contributed by atoms with Gasteiger partial charge >= 0.3 is 12.1 Å². The van der Waals surface area contributed by atoms with E-state index >= 15 is 0 Å². The van der Waals surface area contributed by atoms with E-state index in [9.17, 15) is 26.7 Å². The fourth-order valence-corrected chi connectivity index (χ4v) is 2.32. The summed E-state index contributed by atoms with van der Waals surface area (Å²) in [6, 6.07) is 0. The van der Waals surface area contributed by atoms with Crippen LogP contribution in [0.1, 0.15) is 30.2 Å². The Labute approximate surface area is 124 Å². The number of nitrogens with zero attached hydrogens (tertiary/aromatic N) is 1. The Bertz CT molecular complexity index is 504. The minimum absolute atomic E-state index is 0.0104. The Morgan fingerprint density at radius 3 is 2.50 bits per heavy atom. The van der Waals surface area contributed by atoms with Gasteiger partial charge in [-0.15, -0.1) is 0 Å². The molecule has 0 aliphatic carbocycles. The zero-order chi connectivity index (χ0) is 15.5. The fourth-order valence-electron chi connectivity index (χ4n) is 1.47. The van der Waals surface area contributed by atoms with Gasteiger partial charge in [-0.25, -0.2) is 8.78 Å². The molecule has 0 bridgehead atoms. The van der Waals surface area contributed by atoms with Gasteiger partial charge in [0.15, 0.2) is 0 Å². The first-order valence-electron chi connectivity index (χ1n) is 5.36. The second-order valence-electron chi connectivity index (χ2n) is 3.63. The smallest absolute Gasteiger partial charge is 0.418 e. The van der Waals surface area contributed by atoms with Gasteiger partial charge in [-0.05, 0) is 35.1 Å². The monoisotopic (exact) mass is 409 g/mol. The van der Waals surface area contributed by atoms with Crippen molar-refractivity contribution in [3.63, 3.8) is 0 Å². The lowest BCUT2D eigenvalue weighted by Gasteiger charge is -2.15. The number of pyridine rings is 1. The summed E-state index contributed by atoms with van der Waals surface area (Å²) >= 11 is 1.33. The molecule has 20 heavy (non-hydrogen) atoms. The highest BCUT2D eigenvalue weighted by atomic mass is 127. The first-order chi connectivity index (χ1) is 9.18. The topological polar surface area (TPSA) is 39.2 Å². The third-order valence-corrected chi connectivity index (χ3v) is 3.49. The number of hydrogen-bond acceptors (Lipinski definition) is 3. The average molecular weight is 409 g/mol. The van der Waals surface area contributed by atoms with E-state index in [1.807, 2.05) is 0 Å². The molecule has 0 radical (unpaired) electrons.